The van der Waals surface area contributed by atoms with E-state index in [2.05, 4.69) is 10.6 Å². The van der Waals surface area contributed by atoms with Gasteiger partial charge >= 0.3 is 0 Å². The number of hydrogen-bond acceptors (Lipinski definition) is 3. The van der Waals surface area contributed by atoms with Crippen LogP contribution in [-0.2, 0) is 16.0 Å². The Bertz CT molecular complexity index is 547. The summed E-state index contributed by atoms with van der Waals surface area (Å²) in [5, 5.41) is 14.4. The van der Waals surface area contributed by atoms with Crippen LogP contribution in [0.25, 0.3) is 0 Å². The molecular formula is C17H24F2N2O3. The van der Waals surface area contributed by atoms with E-state index in [0.717, 1.165) is 31.0 Å². The van der Waals surface area contributed by atoms with Crippen LogP contribution in [0.2, 0.25) is 0 Å². The van der Waals surface area contributed by atoms with E-state index in [1.165, 1.54) is 6.92 Å². The largest absolute Gasteiger partial charge is 0.394 e. The predicted octanol–water partition coefficient (Wildman–Crippen LogP) is 1.68. The smallest absolute Gasteiger partial charge is 0.242 e. The Morgan fingerprint density at radius 3 is 2.33 bits per heavy atom. The van der Waals surface area contributed by atoms with E-state index < -0.39 is 29.5 Å². The maximum atomic E-state index is 13.1. The van der Waals surface area contributed by atoms with Crippen molar-refractivity contribution in [2.45, 2.75) is 51.6 Å². The molecule has 7 heteroatoms. The number of rotatable bonds is 9. The summed E-state index contributed by atoms with van der Waals surface area (Å²) in [6.07, 6.45) is 2.24. The number of carbonyl (C=O) groups excluding carboxylic acids is 2. The summed E-state index contributed by atoms with van der Waals surface area (Å²) in [6.45, 7) is 3.34. The predicted molar refractivity (Wildman–Crippen MR) is 86.2 cm³/mol. The average Bonchev–Trinajstić information content (AvgIpc) is 2.49. The highest BCUT2D eigenvalue weighted by Crippen LogP contribution is 2.08. The molecule has 0 spiro atoms. The van der Waals surface area contributed by atoms with Gasteiger partial charge in [-0.3, -0.25) is 9.59 Å². The molecule has 0 radical (unpaired) electrons. The van der Waals surface area contributed by atoms with E-state index >= 15 is 0 Å². The molecule has 0 aromatic heterocycles. The molecule has 3 N–H and O–H groups in total. The minimum atomic E-state index is -0.813. The molecular weight excluding hydrogens is 318 g/mol. The number of nitrogens with one attached hydrogen (secondary N) is 2. The van der Waals surface area contributed by atoms with Gasteiger partial charge in [0.05, 0.1) is 19.1 Å². The summed E-state index contributed by atoms with van der Waals surface area (Å²) in [7, 11) is 0. The lowest BCUT2D eigenvalue weighted by Crippen LogP contribution is -2.49. The van der Waals surface area contributed by atoms with E-state index in [4.69, 9.17) is 0 Å². The Morgan fingerprint density at radius 1 is 1.17 bits per heavy atom. The van der Waals surface area contributed by atoms with Gasteiger partial charge in [0.2, 0.25) is 11.8 Å². The van der Waals surface area contributed by atoms with Crippen molar-refractivity contribution >= 4 is 11.8 Å². The highest BCUT2D eigenvalue weighted by molar-refractivity contribution is 5.88. The Labute approximate surface area is 140 Å². The highest BCUT2D eigenvalue weighted by atomic mass is 19.1. The summed E-state index contributed by atoms with van der Waals surface area (Å²) in [5.74, 6) is -2.45. The molecule has 0 bridgehead atoms. The van der Waals surface area contributed by atoms with E-state index in [1.54, 1.807) is 0 Å². The first kappa shape index (κ1) is 20.0. The van der Waals surface area contributed by atoms with Crippen LogP contribution in [0.5, 0.6) is 0 Å². The van der Waals surface area contributed by atoms with Gasteiger partial charge in [0.15, 0.2) is 0 Å². The number of carbonyl (C=O) groups is 2. The standard InChI is InChI=1S/C17H24F2N2O3/c1-3-4-5-15(10-22)21-17(24)11(2)20-16(23)8-12-6-13(18)9-14(19)7-12/h6-7,9,11,15,22H,3-5,8,10H2,1-2H3,(H,20,23)(H,21,24)/t11-,15-/m0/s1. The van der Waals surface area contributed by atoms with E-state index in [1.807, 2.05) is 6.92 Å². The molecule has 1 aromatic rings. The molecule has 0 saturated heterocycles. The van der Waals surface area contributed by atoms with Gasteiger partial charge in [-0.15, -0.1) is 0 Å². The van der Waals surface area contributed by atoms with Crippen LogP contribution in [0.15, 0.2) is 18.2 Å². The van der Waals surface area contributed by atoms with Crippen LogP contribution >= 0.6 is 0 Å². The van der Waals surface area contributed by atoms with Gasteiger partial charge in [0.25, 0.3) is 0 Å². The Hall–Kier alpha value is -2.02. The van der Waals surface area contributed by atoms with Crippen LogP contribution in [-0.4, -0.2) is 35.6 Å². The van der Waals surface area contributed by atoms with E-state index in [9.17, 15) is 23.5 Å². The molecule has 0 heterocycles. The topological polar surface area (TPSA) is 78.4 Å². The SMILES string of the molecule is CCCC[C@@H](CO)NC(=O)[C@H](C)NC(=O)Cc1cc(F)cc(F)c1. The molecule has 24 heavy (non-hydrogen) atoms. The van der Waals surface area contributed by atoms with E-state index in [0.29, 0.717) is 6.42 Å². The first-order valence-electron chi connectivity index (χ1n) is 8.01. The number of aliphatic hydroxyl groups excluding tert-OH is 1. The van der Waals surface area contributed by atoms with Crippen molar-refractivity contribution in [1.82, 2.24) is 10.6 Å². The van der Waals surface area contributed by atoms with Crippen LogP contribution < -0.4 is 10.6 Å². The zero-order valence-electron chi connectivity index (χ0n) is 13.9. The molecule has 0 aliphatic heterocycles. The van der Waals surface area contributed by atoms with Gasteiger partial charge < -0.3 is 15.7 Å². The summed E-state index contributed by atoms with van der Waals surface area (Å²) in [5.41, 5.74) is 0.189. The van der Waals surface area contributed by atoms with Crippen molar-refractivity contribution in [2.75, 3.05) is 6.61 Å². The highest BCUT2D eigenvalue weighted by Gasteiger charge is 2.19. The summed E-state index contributed by atoms with van der Waals surface area (Å²) >= 11 is 0. The molecule has 0 unspecified atom stereocenters. The van der Waals surface area contributed by atoms with Gasteiger partial charge in [0, 0.05) is 6.07 Å². The summed E-state index contributed by atoms with van der Waals surface area (Å²) in [6, 6.07) is 1.70. The first-order chi connectivity index (χ1) is 11.3. The number of unbranched alkanes of at least 4 members (excludes halogenated alkanes) is 1. The Morgan fingerprint density at radius 2 is 1.79 bits per heavy atom. The molecule has 0 saturated carbocycles. The van der Waals surface area contributed by atoms with Gasteiger partial charge in [0.1, 0.15) is 17.7 Å². The van der Waals surface area contributed by atoms with E-state index in [-0.39, 0.29) is 24.6 Å². The Kier molecular flexibility index (Phi) is 8.32. The number of halogens is 2. The lowest BCUT2D eigenvalue weighted by atomic mass is 10.1. The van der Waals surface area contributed by atoms with Crippen LogP contribution in [0.3, 0.4) is 0 Å². The number of hydrogen-bond donors (Lipinski definition) is 3. The maximum absolute atomic E-state index is 13.1. The van der Waals surface area contributed by atoms with Gasteiger partial charge in [-0.1, -0.05) is 19.8 Å². The zero-order chi connectivity index (χ0) is 18.1. The molecule has 1 aromatic carbocycles. The minimum absolute atomic E-state index is 0.172. The lowest BCUT2D eigenvalue weighted by Gasteiger charge is -2.20. The first-order valence-corrected chi connectivity index (χ1v) is 8.01. The van der Waals surface area contributed by atoms with Gasteiger partial charge in [-0.2, -0.15) is 0 Å². The third-order valence-corrected chi connectivity index (χ3v) is 3.53. The van der Waals surface area contributed by atoms with Crippen molar-refractivity contribution in [2.24, 2.45) is 0 Å². The van der Waals surface area contributed by atoms with Crippen molar-refractivity contribution in [3.8, 4) is 0 Å². The monoisotopic (exact) mass is 342 g/mol. The molecule has 0 aliphatic carbocycles. The molecule has 0 fully saturated rings. The van der Waals surface area contributed by atoms with Crippen molar-refractivity contribution in [1.29, 1.82) is 0 Å². The third-order valence-electron chi connectivity index (χ3n) is 3.53. The second kappa shape index (κ2) is 9.97. The molecule has 2 atom stereocenters. The molecule has 134 valence electrons. The molecule has 2 amide bonds. The van der Waals surface area contributed by atoms with Gasteiger partial charge in [-0.25, -0.2) is 8.78 Å². The average molecular weight is 342 g/mol. The number of amides is 2. The van der Waals surface area contributed by atoms with Crippen molar-refractivity contribution in [3.05, 3.63) is 35.4 Å². The van der Waals surface area contributed by atoms with Gasteiger partial charge in [-0.05, 0) is 31.0 Å². The number of aliphatic hydroxyl groups is 1. The Balaban J connectivity index is 2.51. The van der Waals surface area contributed by atoms with Crippen LogP contribution in [0, 0.1) is 11.6 Å². The van der Waals surface area contributed by atoms with Crippen LogP contribution in [0.4, 0.5) is 8.78 Å². The fourth-order valence-corrected chi connectivity index (χ4v) is 2.24. The maximum Gasteiger partial charge on any atom is 0.242 e. The lowest BCUT2D eigenvalue weighted by molar-refractivity contribution is -0.128. The molecule has 1 rings (SSSR count). The van der Waals surface area contributed by atoms with Crippen LogP contribution in [0.1, 0.15) is 38.7 Å². The molecule has 5 nitrogen and oxygen atoms in total. The van der Waals surface area contributed by atoms with Crippen molar-refractivity contribution in [3.63, 3.8) is 0 Å². The second-order valence-electron chi connectivity index (χ2n) is 5.77. The second-order valence-corrected chi connectivity index (χ2v) is 5.77. The zero-order valence-corrected chi connectivity index (χ0v) is 13.9. The van der Waals surface area contributed by atoms with Crippen molar-refractivity contribution < 1.29 is 23.5 Å². The fourth-order valence-electron chi connectivity index (χ4n) is 2.24. The minimum Gasteiger partial charge on any atom is -0.394 e. The molecule has 0 aliphatic rings. The fraction of sp³-hybridized carbons (Fsp3) is 0.529. The third kappa shape index (κ3) is 7.04. The quantitative estimate of drug-likeness (QED) is 0.639. The number of benzene rings is 1. The normalized spacial score (nSPS) is 13.2. The summed E-state index contributed by atoms with van der Waals surface area (Å²) < 4.78 is 26.2. The summed E-state index contributed by atoms with van der Waals surface area (Å²) in [4.78, 5) is 23.9.